The average molecular weight is 235 g/mol. The molecule has 0 spiro atoms. The molecule has 18 heavy (non-hydrogen) atoms. The Morgan fingerprint density at radius 1 is 1.17 bits per heavy atom. The summed E-state index contributed by atoms with van der Waals surface area (Å²) in [7, 11) is 1.56. The van der Waals surface area contributed by atoms with E-state index in [2.05, 4.69) is 11.1 Å². The van der Waals surface area contributed by atoms with Crippen LogP contribution >= 0.6 is 0 Å². The molecule has 0 aliphatic carbocycles. The molecule has 0 N–H and O–H groups in total. The second-order valence-corrected chi connectivity index (χ2v) is 3.54. The predicted molar refractivity (Wildman–Crippen MR) is 65.7 cm³/mol. The van der Waals surface area contributed by atoms with Crippen molar-refractivity contribution in [2.24, 2.45) is 0 Å². The zero-order chi connectivity index (χ0) is 13.0. The Kier molecular flexibility index (Phi) is 3.22. The molecule has 2 aromatic rings. The normalized spacial score (nSPS) is 9.28. The van der Waals surface area contributed by atoms with E-state index in [4.69, 9.17) is 15.3 Å². The van der Waals surface area contributed by atoms with Gasteiger partial charge < -0.3 is 4.74 Å². The molecule has 0 bridgehead atoms. The van der Waals surface area contributed by atoms with Crippen LogP contribution in [-0.2, 0) is 0 Å². The van der Waals surface area contributed by atoms with E-state index >= 15 is 0 Å². The molecule has 0 aliphatic rings. The molecule has 86 valence electrons. The van der Waals surface area contributed by atoms with E-state index in [1.165, 1.54) is 12.3 Å². The van der Waals surface area contributed by atoms with E-state index in [1.54, 1.807) is 13.2 Å². The highest BCUT2D eigenvalue weighted by Gasteiger charge is 2.12. The molecule has 1 heterocycles. The Morgan fingerprint density at radius 2 is 1.94 bits per heavy atom. The zero-order valence-electron chi connectivity index (χ0n) is 9.71. The number of ether oxygens (including phenoxy) is 1. The van der Waals surface area contributed by atoms with Crippen LogP contribution in [-0.4, -0.2) is 12.1 Å². The van der Waals surface area contributed by atoms with Gasteiger partial charge in [0.1, 0.15) is 17.9 Å². The summed E-state index contributed by atoms with van der Waals surface area (Å²) in [5, 5.41) is 17.9. The Morgan fingerprint density at radius 3 is 2.61 bits per heavy atom. The van der Waals surface area contributed by atoms with Gasteiger partial charge in [0.15, 0.2) is 0 Å². The molecular formula is C14H9N3O. The van der Waals surface area contributed by atoms with Gasteiger partial charge in [0.2, 0.25) is 0 Å². The minimum absolute atomic E-state index is 0.360. The van der Waals surface area contributed by atoms with E-state index in [9.17, 15) is 0 Å². The van der Waals surface area contributed by atoms with Crippen molar-refractivity contribution in [2.75, 3.05) is 7.11 Å². The lowest BCUT2D eigenvalue weighted by Gasteiger charge is -2.08. The average Bonchev–Trinajstić information content (AvgIpc) is 2.46. The Balaban J connectivity index is 2.65. The van der Waals surface area contributed by atoms with Crippen LogP contribution in [0.2, 0.25) is 0 Å². The maximum Gasteiger partial charge on any atom is 0.128 e. The summed E-state index contributed by atoms with van der Waals surface area (Å²) < 4.78 is 5.24. The van der Waals surface area contributed by atoms with Crippen LogP contribution < -0.4 is 4.74 Å². The molecule has 0 unspecified atom stereocenters. The highest BCUT2D eigenvalue weighted by Crippen LogP contribution is 2.30. The third-order valence-electron chi connectivity index (χ3n) is 2.50. The summed E-state index contributed by atoms with van der Waals surface area (Å²) in [5.41, 5.74) is 1.98. The highest BCUT2D eigenvalue weighted by atomic mass is 16.5. The molecule has 1 aromatic carbocycles. The van der Waals surface area contributed by atoms with Crippen molar-refractivity contribution < 1.29 is 4.74 Å². The Bertz CT molecular complexity index is 665. The minimum atomic E-state index is 0.360. The molecule has 0 aliphatic heterocycles. The number of nitriles is 2. The number of hydrogen-bond acceptors (Lipinski definition) is 4. The summed E-state index contributed by atoms with van der Waals surface area (Å²) in [6.45, 7) is 0. The number of rotatable bonds is 2. The lowest BCUT2D eigenvalue weighted by molar-refractivity contribution is 0.416. The SMILES string of the molecule is COc1ccccc1-c1ncc(C#N)cc1C#N. The molecule has 2 rings (SSSR count). The molecule has 1 aromatic heterocycles. The van der Waals surface area contributed by atoms with Crippen LogP contribution in [0.1, 0.15) is 11.1 Å². The van der Waals surface area contributed by atoms with Gasteiger partial charge in [-0.1, -0.05) is 12.1 Å². The summed E-state index contributed by atoms with van der Waals surface area (Å²) in [6, 6.07) is 12.9. The summed E-state index contributed by atoms with van der Waals surface area (Å²) in [4.78, 5) is 4.17. The van der Waals surface area contributed by atoms with Gasteiger partial charge in [-0.25, -0.2) is 0 Å². The first kappa shape index (κ1) is 11.6. The van der Waals surface area contributed by atoms with Gasteiger partial charge >= 0.3 is 0 Å². The summed E-state index contributed by atoms with van der Waals surface area (Å²) >= 11 is 0. The number of benzene rings is 1. The molecular weight excluding hydrogens is 226 g/mol. The largest absolute Gasteiger partial charge is 0.496 e. The summed E-state index contributed by atoms with van der Waals surface area (Å²) in [5.74, 6) is 0.645. The fourth-order valence-corrected chi connectivity index (χ4v) is 1.67. The first-order chi connectivity index (χ1) is 8.80. The van der Waals surface area contributed by atoms with Crippen LogP contribution in [0.5, 0.6) is 5.75 Å². The lowest BCUT2D eigenvalue weighted by atomic mass is 10.0. The molecule has 0 fully saturated rings. The molecule has 0 radical (unpaired) electrons. The van der Waals surface area contributed by atoms with Crippen LogP contribution in [0.4, 0.5) is 0 Å². The van der Waals surface area contributed by atoms with E-state index in [-0.39, 0.29) is 0 Å². The molecule has 4 heteroatoms. The standard InChI is InChI=1S/C14H9N3O/c1-18-13-5-3-2-4-12(13)14-11(8-16)6-10(7-15)9-17-14/h2-6,9H,1H3. The summed E-state index contributed by atoms with van der Waals surface area (Å²) in [6.07, 6.45) is 1.45. The monoisotopic (exact) mass is 235 g/mol. The smallest absolute Gasteiger partial charge is 0.128 e. The van der Waals surface area contributed by atoms with E-state index in [0.29, 0.717) is 22.6 Å². The Hall–Kier alpha value is -2.85. The van der Waals surface area contributed by atoms with Crippen LogP contribution in [0.15, 0.2) is 36.5 Å². The van der Waals surface area contributed by atoms with Crippen LogP contribution in [0.3, 0.4) is 0 Å². The molecule has 4 nitrogen and oxygen atoms in total. The Labute approximate surface area is 105 Å². The van der Waals surface area contributed by atoms with Gasteiger partial charge in [-0.3, -0.25) is 4.98 Å². The number of aromatic nitrogens is 1. The zero-order valence-corrected chi connectivity index (χ0v) is 9.71. The first-order valence-electron chi connectivity index (χ1n) is 5.23. The van der Waals surface area contributed by atoms with Gasteiger partial charge in [-0.2, -0.15) is 10.5 Å². The van der Waals surface area contributed by atoms with Crippen molar-refractivity contribution in [3.63, 3.8) is 0 Å². The maximum absolute atomic E-state index is 9.12. The predicted octanol–water partition coefficient (Wildman–Crippen LogP) is 2.50. The van der Waals surface area contributed by atoms with Gasteiger partial charge in [0.05, 0.1) is 23.9 Å². The van der Waals surface area contributed by atoms with Crippen molar-refractivity contribution in [1.82, 2.24) is 4.98 Å². The fraction of sp³-hybridized carbons (Fsp3) is 0.0714. The minimum Gasteiger partial charge on any atom is -0.496 e. The second kappa shape index (κ2) is 4.99. The van der Waals surface area contributed by atoms with Gasteiger partial charge in [0, 0.05) is 11.8 Å². The molecule has 0 saturated carbocycles. The number of nitrogens with zero attached hydrogens (tertiary/aromatic N) is 3. The van der Waals surface area contributed by atoms with Crippen molar-refractivity contribution in [3.05, 3.63) is 47.7 Å². The lowest BCUT2D eigenvalue weighted by Crippen LogP contribution is -1.94. The van der Waals surface area contributed by atoms with E-state index in [1.807, 2.05) is 24.3 Å². The number of pyridine rings is 1. The van der Waals surface area contributed by atoms with Crippen molar-refractivity contribution in [2.45, 2.75) is 0 Å². The third kappa shape index (κ3) is 2.00. The van der Waals surface area contributed by atoms with Crippen molar-refractivity contribution in [3.8, 4) is 29.1 Å². The third-order valence-corrected chi connectivity index (χ3v) is 2.50. The molecule has 0 saturated heterocycles. The first-order valence-corrected chi connectivity index (χ1v) is 5.23. The fourth-order valence-electron chi connectivity index (χ4n) is 1.67. The van der Waals surface area contributed by atoms with Crippen LogP contribution in [0.25, 0.3) is 11.3 Å². The topological polar surface area (TPSA) is 69.7 Å². The van der Waals surface area contributed by atoms with Gasteiger partial charge in [-0.05, 0) is 18.2 Å². The van der Waals surface area contributed by atoms with Gasteiger partial charge in [0.25, 0.3) is 0 Å². The number of para-hydroxylation sites is 1. The van der Waals surface area contributed by atoms with Crippen molar-refractivity contribution in [1.29, 1.82) is 10.5 Å². The molecule has 0 atom stereocenters. The maximum atomic E-state index is 9.12. The van der Waals surface area contributed by atoms with Crippen molar-refractivity contribution >= 4 is 0 Å². The quantitative estimate of drug-likeness (QED) is 0.801. The van der Waals surface area contributed by atoms with Crippen LogP contribution in [0, 0.1) is 22.7 Å². The number of methoxy groups -OCH3 is 1. The second-order valence-electron chi connectivity index (χ2n) is 3.54. The van der Waals surface area contributed by atoms with E-state index < -0.39 is 0 Å². The molecule has 0 amide bonds. The van der Waals surface area contributed by atoms with E-state index in [0.717, 1.165) is 5.56 Å². The highest BCUT2D eigenvalue weighted by molar-refractivity contribution is 5.72. The van der Waals surface area contributed by atoms with Gasteiger partial charge in [-0.15, -0.1) is 0 Å². The number of hydrogen-bond donors (Lipinski definition) is 0.